The molecule has 138 valence electrons. The van der Waals surface area contributed by atoms with Crippen molar-refractivity contribution in [2.24, 2.45) is 0 Å². The van der Waals surface area contributed by atoms with E-state index in [-0.39, 0.29) is 0 Å². The van der Waals surface area contributed by atoms with Crippen molar-refractivity contribution >= 4 is 22.5 Å². The first-order chi connectivity index (χ1) is 12.0. The van der Waals surface area contributed by atoms with Gasteiger partial charge in [0.2, 0.25) is 0 Å². The molecule has 0 radical (unpaired) electrons. The Morgan fingerprint density at radius 3 is 2.35 bits per heavy atom. The van der Waals surface area contributed by atoms with Gasteiger partial charge in [-0.1, -0.05) is 12.1 Å². The van der Waals surface area contributed by atoms with E-state index in [0.717, 1.165) is 17.7 Å². The highest BCUT2D eigenvalue weighted by atomic mass is 32.2. The molecule has 0 bridgehead atoms. The Morgan fingerprint density at radius 2 is 1.77 bits per heavy atom. The van der Waals surface area contributed by atoms with Crippen LogP contribution in [0.3, 0.4) is 0 Å². The zero-order valence-corrected chi connectivity index (χ0v) is 14.7. The van der Waals surface area contributed by atoms with Crippen molar-refractivity contribution in [2.45, 2.75) is 25.6 Å². The highest BCUT2D eigenvalue weighted by Gasteiger charge is 2.31. The summed E-state index contributed by atoms with van der Waals surface area (Å²) in [5.41, 5.74) is 1.05. The van der Waals surface area contributed by atoms with E-state index in [0.29, 0.717) is 22.6 Å². The minimum Gasteiger partial charge on any atom is -0.483 e. The molecule has 0 saturated heterocycles. The van der Waals surface area contributed by atoms with Crippen molar-refractivity contribution in [2.75, 3.05) is 4.72 Å². The van der Waals surface area contributed by atoms with Gasteiger partial charge in [-0.25, -0.2) is 4.21 Å². The van der Waals surface area contributed by atoms with E-state index >= 15 is 0 Å². The maximum absolute atomic E-state index is 12.8. The average Bonchev–Trinajstić information content (AvgIpc) is 2.51. The van der Waals surface area contributed by atoms with Crippen LogP contribution in [0, 0.1) is 0 Å². The molecule has 0 fully saturated rings. The number of benzene rings is 2. The predicted molar refractivity (Wildman–Crippen MR) is 94.1 cm³/mol. The summed E-state index contributed by atoms with van der Waals surface area (Å²) in [4.78, 5) is 0. The normalized spacial score (nSPS) is 16.9. The lowest BCUT2D eigenvalue weighted by Crippen LogP contribution is -2.29. The van der Waals surface area contributed by atoms with Crippen molar-refractivity contribution in [3.63, 3.8) is 0 Å². The standard InChI is InChI=1S/C18H16F3NO3S/c1-17(2)10-15(11-3-5-12(6-4-11)18(19,20)21)14-8-7-13(22-26(23)24)9-16(14)25-17/h3-10,22H,1-2H3,(H,23,24). The third-order valence-electron chi connectivity index (χ3n) is 3.87. The van der Waals surface area contributed by atoms with E-state index in [2.05, 4.69) is 4.72 Å². The number of hydrogen-bond donors (Lipinski definition) is 2. The molecule has 0 spiro atoms. The van der Waals surface area contributed by atoms with Gasteiger partial charge < -0.3 is 4.74 Å². The molecule has 1 aliphatic heterocycles. The number of hydrogen-bond acceptors (Lipinski definition) is 2. The van der Waals surface area contributed by atoms with Gasteiger partial charge >= 0.3 is 6.18 Å². The van der Waals surface area contributed by atoms with Gasteiger partial charge in [0.05, 0.1) is 11.3 Å². The van der Waals surface area contributed by atoms with Gasteiger partial charge in [-0.2, -0.15) is 13.2 Å². The van der Waals surface area contributed by atoms with Gasteiger partial charge in [-0.3, -0.25) is 9.27 Å². The van der Waals surface area contributed by atoms with Gasteiger partial charge in [0.25, 0.3) is 11.3 Å². The zero-order valence-electron chi connectivity index (χ0n) is 13.9. The summed E-state index contributed by atoms with van der Waals surface area (Å²) < 4.78 is 66.5. The maximum Gasteiger partial charge on any atom is 0.416 e. The van der Waals surface area contributed by atoms with Crippen LogP contribution in [0.25, 0.3) is 5.57 Å². The van der Waals surface area contributed by atoms with Crippen LogP contribution in [0.15, 0.2) is 48.5 Å². The quantitative estimate of drug-likeness (QED) is 0.745. The number of fused-ring (bicyclic) bond motifs is 1. The lowest BCUT2D eigenvalue weighted by molar-refractivity contribution is -0.137. The number of nitrogens with one attached hydrogen (secondary N) is 1. The second-order valence-corrected chi connectivity index (χ2v) is 7.10. The monoisotopic (exact) mass is 383 g/mol. The van der Waals surface area contributed by atoms with Gasteiger partial charge in [0.15, 0.2) is 0 Å². The van der Waals surface area contributed by atoms with Gasteiger partial charge in [-0.05, 0) is 55.3 Å². The molecule has 8 heteroatoms. The molecular weight excluding hydrogens is 367 g/mol. The van der Waals surface area contributed by atoms with Crippen LogP contribution in [0.2, 0.25) is 0 Å². The van der Waals surface area contributed by atoms with E-state index in [1.54, 1.807) is 18.2 Å². The number of alkyl halides is 3. The van der Waals surface area contributed by atoms with Crippen molar-refractivity contribution in [1.82, 2.24) is 0 Å². The van der Waals surface area contributed by atoms with Crippen molar-refractivity contribution in [3.05, 3.63) is 65.2 Å². The van der Waals surface area contributed by atoms with Gasteiger partial charge in [-0.15, -0.1) is 0 Å². The Hall–Kier alpha value is -2.32. The molecule has 1 aliphatic rings. The van der Waals surface area contributed by atoms with Crippen molar-refractivity contribution in [3.8, 4) is 5.75 Å². The molecule has 0 saturated carbocycles. The zero-order chi connectivity index (χ0) is 19.1. The van der Waals surface area contributed by atoms with Crippen LogP contribution in [-0.2, 0) is 17.4 Å². The third kappa shape index (κ3) is 3.91. The van der Waals surface area contributed by atoms with E-state index < -0.39 is 28.6 Å². The van der Waals surface area contributed by atoms with Crippen LogP contribution in [0.5, 0.6) is 5.75 Å². The maximum atomic E-state index is 12.8. The molecule has 26 heavy (non-hydrogen) atoms. The minimum absolute atomic E-state index is 0.397. The minimum atomic E-state index is -4.39. The molecule has 3 rings (SSSR count). The van der Waals surface area contributed by atoms with Crippen molar-refractivity contribution in [1.29, 1.82) is 0 Å². The van der Waals surface area contributed by atoms with E-state index in [4.69, 9.17) is 9.29 Å². The first kappa shape index (κ1) is 18.5. The highest BCUT2D eigenvalue weighted by Crippen LogP contribution is 2.41. The predicted octanol–water partition coefficient (Wildman–Crippen LogP) is 4.86. The second-order valence-electron chi connectivity index (χ2n) is 6.40. The Balaban J connectivity index is 2.04. The lowest BCUT2D eigenvalue weighted by atomic mass is 9.89. The average molecular weight is 383 g/mol. The third-order valence-corrected chi connectivity index (χ3v) is 4.28. The Morgan fingerprint density at radius 1 is 1.12 bits per heavy atom. The number of halogens is 3. The lowest BCUT2D eigenvalue weighted by Gasteiger charge is -2.31. The fourth-order valence-electron chi connectivity index (χ4n) is 2.81. The largest absolute Gasteiger partial charge is 0.483 e. The van der Waals surface area contributed by atoms with Crippen LogP contribution in [0.4, 0.5) is 18.9 Å². The molecule has 2 aromatic carbocycles. The first-order valence-electron chi connectivity index (χ1n) is 7.67. The summed E-state index contributed by atoms with van der Waals surface area (Å²) in [6.45, 7) is 3.65. The number of anilines is 1. The fraction of sp³-hybridized carbons (Fsp3) is 0.222. The second kappa shape index (κ2) is 6.44. The summed E-state index contributed by atoms with van der Waals surface area (Å²) in [6.07, 6.45) is -2.55. The molecule has 0 aliphatic carbocycles. The first-order valence-corrected chi connectivity index (χ1v) is 8.77. The molecular formula is C18H16F3NO3S. The van der Waals surface area contributed by atoms with E-state index in [9.17, 15) is 17.4 Å². The topological polar surface area (TPSA) is 58.6 Å². The summed E-state index contributed by atoms with van der Waals surface area (Å²) in [7, 11) is 0. The molecule has 4 nitrogen and oxygen atoms in total. The van der Waals surface area contributed by atoms with Crippen LogP contribution in [0.1, 0.15) is 30.5 Å². The molecule has 0 amide bonds. The summed E-state index contributed by atoms with van der Waals surface area (Å²) in [5.74, 6) is 0.475. The van der Waals surface area contributed by atoms with Crippen LogP contribution >= 0.6 is 0 Å². The summed E-state index contributed by atoms with van der Waals surface area (Å²) in [5, 5.41) is 0. The van der Waals surface area contributed by atoms with E-state index in [1.165, 1.54) is 12.1 Å². The molecule has 1 unspecified atom stereocenters. The smallest absolute Gasteiger partial charge is 0.416 e. The van der Waals surface area contributed by atoms with Gasteiger partial charge in [0.1, 0.15) is 11.4 Å². The fourth-order valence-corrected chi connectivity index (χ4v) is 3.14. The van der Waals surface area contributed by atoms with E-state index in [1.807, 2.05) is 19.9 Å². The van der Waals surface area contributed by atoms with Crippen LogP contribution in [-0.4, -0.2) is 14.4 Å². The van der Waals surface area contributed by atoms with Crippen LogP contribution < -0.4 is 9.46 Å². The SMILES string of the molecule is CC1(C)C=C(c2ccc(C(F)(F)F)cc2)c2ccc(NS(=O)O)cc2O1. The highest BCUT2D eigenvalue weighted by molar-refractivity contribution is 7.80. The molecule has 2 aromatic rings. The molecule has 0 aromatic heterocycles. The summed E-state index contributed by atoms with van der Waals surface area (Å²) >= 11 is -2.22. The number of rotatable bonds is 3. The van der Waals surface area contributed by atoms with Crippen molar-refractivity contribution < 1.29 is 26.7 Å². The Kier molecular flexibility index (Phi) is 4.58. The molecule has 1 heterocycles. The Labute approximate surface area is 151 Å². The summed E-state index contributed by atoms with van der Waals surface area (Å²) in [6, 6.07) is 9.83. The molecule has 2 N–H and O–H groups in total. The number of ether oxygens (including phenoxy) is 1. The molecule has 1 atom stereocenters. The van der Waals surface area contributed by atoms with Gasteiger partial charge in [0, 0.05) is 11.6 Å². The Bertz CT molecular complexity index is 890.